The number of ketones is 1. The molecule has 0 aliphatic heterocycles. The van der Waals surface area contributed by atoms with Crippen LogP contribution in [-0.4, -0.2) is 19.7 Å². The Balaban J connectivity index is 1.97. The highest BCUT2D eigenvalue weighted by Crippen LogP contribution is 2.41. The van der Waals surface area contributed by atoms with Gasteiger partial charge >= 0.3 is 15.6 Å². The summed E-state index contributed by atoms with van der Waals surface area (Å²) in [4.78, 5) is 13.0. The molecule has 0 atom stereocenters. The number of thiophene rings is 1. The largest absolute Gasteiger partial charge is 0.534 e. The van der Waals surface area contributed by atoms with Crippen LogP contribution >= 0.6 is 11.3 Å². The molecule has 128 valence electrons. The van der Waals surface area contributed by atoms with Crippen LogP contribution < -0.4 is 4.18 Å². The van der Waals surface area contributed by atoms with Crippen molar-refractivity contribution in [2.24, 2.45) is 0 Å². The van der Waals surface area contributed by atoms with Gasteiger partial charge in [-0.2, -0.15) is 21.6 Å². The molecule has 0 amide bonds. The molecule has 0 bridgehead atoms. The number of aryl methyl sites for hydroxylation is 2. The number of Topliss-reactive ketones (excluding diaryl/α,β-unsaturated/α-hetero) is 1. The Morgan fingerprint density at radius 3 is 2.46 bits per heavy atom. The highest BCUT2D eigenvalue weighted by Gasteiger charge is 2.48. The van der Waals surface area contributed by atoms with Gasteiger partial charge in [0.05, 0.1) is 4.88 Å². The average molecular weight is 376 g/mol. The number of hydrogen-bond donors (Lipinski definition) is 0. The van der Waals surface area contributed by atoms with Crippen molar-refractivity contribution in [1.29, 1.82) is 0 Å². The summed E-state index contributed by atoms with van der Waals surface area (Å²) in [5.74, 6) is -0.426. The predicted molar refractivity (Wildman–Crippen MR) is 82.8 cm³/mol. The van der Waals surface area contributed by atoms with Gasteiger partial charge in [-0.05, 0) is 60.7 Å². The van der Waals surface area contributed by atoms with E-state index in [9.17, 15) is 26.4 Å². The lowest BCUT2D eigenvalue weighted by Gasteiger charge is -2.17. The minimum absolute atomic E-state index is 0.0489. The van der Waals surface area contributed by atoms with Gasteiger partial charge in [0, 0.05) is 4.88 Å². The van der Waals surface area contributed by atoms with E-state index in [0.29, 0.717) is 23.3 Å². The van der Waals surface area contributed by atoms with Crippen LogP contribution in [0.5, 0.6) is 5.75 Å². The lowest BCUT2D eigenvalue weighted by atomic mass is 9.91. The van der Waals surface area contributed by atoms with Crippen LogP contribution in [0.25, 0.3) is 10.4 Å². The molecule has 9 heteroatoms. The highest BCUT2D eigenvalue weighted by atomic mass is 32.2. The molecule has 4 nitrogen and oxygen atoms in total. The number of fused-ring (bicyclic) bond motifs is 3. The Hall–Kier alpha value is -1.87. The smallest absolute Gasteiger partial charge is 0.376 e. The summed E-state index contributed by atoms with van der Waals surface area (Å²) < 4.78 is 63.5. The van der Waals surface area contributed by atoms with Crippen LogP contribution in [0.15, 0.2) is 24.3 Å². The molecule has 0 spiro atoms. The van der Waals surface area contributed by atoms with Crippen molar-refractivity contribution in [2.75, 3.05) is 0 Å². The minimum Gasteiger partial charge on any atom is -0.376 e. The van der Waals surface area contributed by atoms with Crippen molar-refractivity contribution in [1.82, 2.24) is 0 Å². The van der Waals surface area contributed by atoms with Crippen LogP contribution in [0.1, 0.15) is 27.7 Å². The molecular weight excluding hydrogens is 365 g/mol. The number of carbonyl (C=O) groups is 1. The van der Waals surface area contributed by atoms with Gasteiger partial charge in [-0.15, -0.1) is 11.3 Å². The molecular formula is C15H11F3O4S2. The van der Waals surface area contributed by atoms with Crippen molar-refractivity contribution in [3.63, 3.8) is 0 Å². The first-order valence-corrected chi connectivity index (χ1v) is 9.08. The molecule has 24 heavy (non-hydrogen) atoms. The van der Waals surface area contributed by atoms with Crippen LogP contribution in [-0.2, 0) is 23.0 Å². The second-order valence-electron chi connectivity index (χ2n) is 5.32. The third kappa shape index (κ3) is 2.93. The Labute approximate surface area is 140 Å². The maximum Gasteiger partial charge on any atom is 0.534 e. The zero-order valence-corrected chi connectivity index (χ0v) is 13.9. The topological polar surface area (TPSA) is 60.4 Å². The number of halogens is 3. The summed E-state index contributed by atoms with van der Waals surface area (Å²) in [6.07, 6.45) is 1.15. The molecule has 1 aromatic heterocycles. The first-order valence-electron chi connectivity index (χ1n) is 6.86. The summed E-state index contributed by atoms with van der Waals surface area (Å²) in [5, 5.41) is 0. The van der Waals surface area contributed by atoms with E-state index in [2.05, 4.69) is 4.18 Å². The fraction of sp³-hybridized carbons (Fsp3) is 0.267. The van der Waals surface area contributed by atoms with E-state index in [0.717, 1.165) is 16.0 Å². The van der Waals surface area contributed by atoms with Crippen LogP contribution in [0.3, 0.4) is 0 Å². The summed E-state index contributed by atoms with van der Waals surface area (Å²) >= 11 is 1.32. The molecule has 1 aliphatic rings. The van der Waals surface area contributed by atoms with Crippen LogP contribution in [0, 0.1) is 0 Å². The molecule has 1 heterocycles. The van der Waals surface area contributed by atoms with Crippen LogP contribution in [0.2, 0.25) is 0 Å². The Morgan fingerprint density at radius 2 is 1.83 bits per heavy atom. The maximum absolute atomic E-state index is 12.4. The van der Waals surface area contributed by atoms with Crippen molar-refractivity contribution in [3.8, 4) is 16.2 Å². The second kappa shape index (κ2) is 5.59. The quantitative estimate of drug-likeness (QED) is 0.462. The van der Waals surface area contributed by atoms with Crippen molar-refractivity contribution >= 4 is 27.2 Å². The van der Waals surface area contributed by atoms with E-state index in [1.807, 2.05) is 6.07 Å². The Morgan fingerprint density at radius 1 is 1.17 bits per heavy atom. The number of rotatable bonds is 3. The van der Waals surface area contributed by atoms with E-state index in [1.165, 1.54) is 36.5 Å². The molecule has 1 aliphatic carbocycles. The highest BCUT2D eigenvalue weighted by molar-refractivity contribution is 7.88. The zero-order chi connectivity index (χ0) is 17.7. The lowest BCUT2D eigenvalue weighted by Crippen LogP contribution is -2.28. The first kappa shape index (κ1) is 17.0. The summed E-state index contributed by atoms with van der Waals surface area (Å²) in [6, 6.07) is 5.83. The molecule has 1 aromatic carbocycles. The summed E-state index contributed by atoms with van der Waals surface area (Å²) in [5.41, 5.74) is -2.99. The third-order valence-electron chi connectivity index (χ3n) is 3.63. The van der Waals surface area contributed by atoms with Gasteiger partial charge in [0.25, 0.3) is 0 Å². The van der Waals surface area contributed by atoms with E-state index < -0.39 is 15.6 Å². The van der Waals surface area contributed by atoms with Gasteiger partial charge in [0.1, 0.15) is 5.75 Å². The Kier molecular flexibility index (Phi) is 3.95. The van der Waals surface area contributed by atoms with Crippen molar-refractivity contribution in [3.05, 3.63) is 40.3 Å². The van der Waals surface area contributed by atoms with Gasteiger partial charge < -0.3 is 4.18 Å². The number of benzene rings is 1. The van der Waals surface area contributed by atoms with Crippen molar-refractivity contribution < 1.29 is 30.6 Å². The molecule has 0 saturated carbocycles. The Bertz CT molecular complexity index is 927. The summed E-state index contributed by atoms with van der Waals surface area (Å²) in [7, 11) is -5.69. The van der Waals surface area contributed by atoms with E-state index in [-0.39, 0.29) is 11.5 Å². The zero-order valence-electron chi connectivity index (χ0n) is 12.3. The van der Waals surface area contributed by atoms with Gasteiger partial charge in [-0.3, -0.25) is 4.79 Å². The maximum atomic E-state index is 12.4. The molecule has 0 radical (unpaired) electrons. The fourth-order valence-corrected chi connectivity index (χ4v) is 4.13. The van der Waals surface area contributed by atoms with Gasteiger partial charge in [-0.1, -0.05) is 0 Å². The van der Waals surface area contributed by atoms with Gasteiger partial charge in [0.15, 0.2) is 5.78 Å². The van der Waals surface area contributed by atoms with E-state index in [1.54, 1.807) is 0 Å². The molecule has 0 saturated heterocycles. The predicted octanol–water partition coefficient (Wildman–Crippen LogP) is 3.94. The van der Waals surface area contributed by atoms with Crippen LogP contribution in [0.4, 0.5) is 13.2 Å². The second-order valence-corrected chi connectivity index (χ2v) is 7.91. The van der Waals surface area contributed by atoms with Gasteiger partial charge in [-0.25, -0.2) is 0 Å². The number of carbonyl (C=O) groups excluding carboxylic acids is 1. The monoisotopic (exact) mass is 376 g/mol. The summed E-state index contributed by atoms with van der Waals surface area (Å²) in [6.45, 7) is 1.47. The average Bonchev–Trinajstić information content (AvgIpc) is 2.90. The molecule has 0 N–H and O–H groups in total. The van der Waals surface area contributed by atoms with Crippen molar-refractivity contribution in [2.45, 2.75) is 25.3 Å². The lowest BCUT2D eigenvalue weighted by molar-refractivity contribution is -0.0500. The molecule has 0 fully saturated rings. The minimum atomic E-state index is -5.69. The molecule has 3 rings (SSSR count). The number of alkyl halides is 3. The first-order chi connectivity index (χ1) is 11.1. The molecule has 0 unspecified atom stereocenters. The normalized spacial score (nSPS) is 14.0. The fourth-order valence-electron chi connectivity index (χ4n) is 2.51. The van der Waals surface area contributed by atoms with E-state index in [4.69, 9.17) is 0 Å². The van der Waals surface area contributed by atoms with E-state index >= 15 is 0 Å². The molecule has 2 aromatic rings. The van der Waals surface area contributed by atoms with Gasteiger partial charge in [0.2, 0.25) is 0 Å². The number of hydrogen-bond acceptors (Lipinski definition) is 5. The SMILES string of the molecule is CC(=O)c1cc2c(s1)-c1ccc(OS(=O)(=O)C(F)(F)F)cc1CC2. The standard InChI is InChI=1S/C15H11F3O4S2/c1-8(19)13-7-10-3-2-9-6-11(4-5-12(9)14(10)23-13)22-24(20,21)15(16,17)18/h4-7H,2-3H2,1H3. The third-order valence-corrected chi connectivity index (χ3v) is 5.92.